The molecule has 1 rings (SSSR count). The standard InChI is InChI=1S/C12H15N3O/c1-8-6-9(2)12(10(3)7-8)11(16)4-5-14-15-13/h6-7H,4-5H2,1-3H3. The lowest BCUT2D eigenvalue weighted by molar-refractivity contribution is 0.0984. The van der Waals surface area contributed by atoms with Crippen molar-refractivity contribution in [3.05, 3.63) is 44.8 Å². The van der Waals surface area contributed by atoms with Crippen molar-refractivity contribution in [2.75, 3.05) is 6.54 Å². The van der Waals surface area contributed by atoms with Crippen LogP contribution in [-0.2, 0) is 0 Å². The third kappa shape index (κ3) is 2.84. The fraction of sp³-hybridized carbons (Fsp3) is 0.417. The maximum Gasteiger partial charge on any atom is 0.163 e. The second kappa shape index (κ2) is 5.33. The molecule has 0 aliphatic rings. The molecule has 1 aromatic carbocycles. The van der Waals surface area contributed by atoms with E-state index in [1.165, 1.54) is 0 Å². The first-order chi connectivity index (χ1) is 7.56. The van der Waals surface area contributed by atoms with Crippen LogP contribution in [0.25, 0.3) is 10.4 Å². The van der Waals surface area contributed by atoms with E-state index < -0.39 is 0 Å². The summed E-state index contributed by atoms with van der Waals surface area (Å²) in [4.78, 5) is 14.5. The summed E-state index contributed by atoms with van der Waals surface area (Å²) in [5, 5.41) is 3.37. The van der Waals surface area contributed by atoms with Crippen molar-refractivity contribution in [3.63, 3.8) is 0 Å². The molecule has 16 heavy (non-hydrogen) atoms. The second-order valence-electron chi connectivity index (χ2n) is 3.90. The first-order valence-electron chi connectivity index (χ1n) is 5.18. The van der Waals surface area contributed by atoms with Crippen molar-refractivity contribution >= 4 is 5.78 Å². The highest BCUT2D eigenvalue weighted by Crippen LogP contribution is 2.18. The highest BCUT2D eigenvalue weighted by atomic mass is 16.1. The Morgan fingerprint density at radius 3 is 2.38 bits per heavy atom. The number of hydrogen-bond acceptors (Lipinski definition) is 2. The van der Waals surface area contributed by atoms with Crippen molar-refractivity contribution < 1.29 is 4.79 Å². The number of benzene rings is 1. The van der Waals surface area contributed by atoms with E-state index in [4.69, 9.17) is 5.53 Å². The van der Waals surface area contributed by atoms with Gasteiger partial charge < -0.3 is 0 Å². The van der Waals surface area contributed by atoms with Crippen LogP contribution in [0.5, 0.6) is 0 Å². The van der Waals surface area contributed by atoms with Gasteiger partial charge in [0.25, 0.3) is 0 Å². The normalized spacial score (nSPS) is 9.69. The van der Waals surface area contributed by atoms with Crippen LogP contribution in [0, 0.1) is 20.8 Å². The van der Waals surface area contributed by atoms with Crippen molar-refractivity contribution in [1.29, 1.82) is 0 Å². The van der Waals surface area contributed by atoms with E-state index in [2.05, 4.69) is 10.0 Å². The average Bonchev–Trinajstić information content (AvgIpc) is 2.16. The van der Waals surface area contributed by atoms with Crippen LogP contribution < -0.4 is 0 Å². The zero-order valence-electron chi connectivity index (χ0n) is 9.82. The van der Waals surface area contributed by atoms with Crippen LogP contribution in [0.3, 0.4) is 0 Å². The predicted octanol–water partition coefficient (Wildman–Crippen LogP) is 3.49. The number of carbonyl (C=O) groups is 1. The van der Waals surface area contributed by atoms with Crippen LogP contribution >= 0.6 is 0 Å². The number of nitrogens with zero attached hydrogens (tertiary/aromatic N) is 3. The minimum atomic E-state index is 0.0439. The van der Waals surface area contributed by atoms with Gasteiger partial charge in [0, 0.05) is 23.4 Å². The number of carbonyl (C=O) groups excluding carboxylic acids is 1. The molecule has 0 unspecified atom stereocenters. The molecular weight excluding hydrogens is 202 g/mol. The smallest absolute Gasteiger partial charge is 0.163 e. The van der Waals surface area contributed by atoms with E-state index in [1.807, 2.05) is 32.9 Å². The molecule has 4 heteroatoms. The van der Waals surface area contributed by atoms with Crippen LogP contribution in [0.1, 0.15) is 33.5 Å². The van der Waals surface area contributed by atoms with Gasteiger partial charge in [-0.1, -0.05) is 22.8 Å². The van der Waals surface area contributed by atoms with Gasteiger partial charge in [-0.05, 0) is 37.4 Å². The van der Waals surface area contributed by atoms with E-state index >= 15 is 0 Å². The number of azide groups is 1. The van der Waals surface area contributed by atoms with Gasteiger partial charge in [-0.2, -0.15) is 0 Å². The lowest BCUT2D eigenvalue weighted by atomic mass is 9.95. The van der Waals surface area contributed by atoms with Crippen LogP contribution in [-0.4, -0.2) is 12.3 Å². The summed E-state index contributed by atoms with van der Waals surface area (Å²) in [5.74, 6) is 0.0439. The monoisotopic (exact) mass is 217 g/mol. The van der Waals surface area contributed by atoms with E-state index in [1.54, 1.807) is 0 Å². The summed E-state index contributed by atoms with van der Waals surface area (Å²) < 4.78 is 0. The second-order valence-corrected chi connectivity index (χ2v) is 3.90. The summed E-state index contributed by atoms with van der Waals surface area (Å²) in [6, 6.07) is 3.99. The molecule has 4 nitrogen and oxygen atoms in total. The predicted molar refractivity (Wildman–Crippen MR) is 63.6 cm³/mol. The molecule has 1 aromatic rings. The van der Waals surface area contributed by atoms with Crippen molar-refractivity contribution in [3.8, 4) is 0 Å². The Kier molecular flexibility index (Phi) is 4.09. The zero-order chi connectivity index (χ0) is 12.1. The molecule has 84 valence electrons. The molecule has 0 bridgehead atoms. The largest absolute Gasteiger partial charge is 0.294 e. The fourth-order valence-corrected chi connectivity index (χ4v) is 1.94. The number of rotatable bonds is 4. The molecule has 0 N–H and O–H groups in total. The van der Waals surface area contributed by atoms with Crippen molar-refractivity contribution in [1.82, 2.24) is 0 Å². The molecule has 0 amide bonds. The minimum absolute atomic E-state index is 0.0439. The Labute approximate surface area is 94.9 Å². The molecule has 0 aliphatic heterocycles. The van der Waals surface area contributed by atoms with E-state index in [-0.39, 0.29) is 18.7 Å². The molecule has 0 radical (unpaired) electrons. The van der Waals surface area contributed by atoms with Gasteiger partial charge >= 0.3 is 0 Å². The van der Waals surface area contributed by atoms with Gasteiger partial charge in [0.1, 0.15) is 0 Å². The summed E-state index contributed by atoms with van der Waals surface area (Å²) in [6.07, 6.45) is 0.273. The van der Waals surface area contributed by atoms with Crippen molar-refractivity contribution in [2.45, 2.75) is 27.2 Å². The zero-order valence-corrected chi connectivity index (χ0v) is 9.82. The Balaban J connectivity index is 2.95. The molecule has 0 heterocycles. The number of hydrogen-bond donors (Lipinski definition) is 0. The lowest BCUT2D eigenvalue weighted by Crippen LogP contribution is -2.06. The molecular formula is C12H15N3O. The lowest BCUT2D eigenvalue weighted by Gasteiger charge is -2.09. The average molecular weight is 217 g/mol. The van der Waals surface area contributed by atoms with Gasteiger partial charge in [-0.15, -0.1) is 0 Å². The maximum absolute atomic E-state index is 11.9. The van der Waals surface area contributed by atoms with Crippen LogP contribution in [0.2, 0.25) is 0 Å². The Bertz CT molecular complexity index is 436. The van der Waals surface area contributed by atoms with Crippen LogP contribution in [0.4, 0.5) is 0 Å². The van der Waals surface area contributed by atoms with Gasteiger partial charge in [0.2, 0.25) is 0 Å². The Morgan fingerprint density at radius 2 is 1.88 bits per heavy atom. The summed E-state index contributed by atoms with van der Waals surface area (Å²) in [7, 11) is 0. The highest BCUT2D eigenvalue weighted by Gasteiger charge is 2.11. The molecule has 0 spiro atoms. The Morgan fingerprint density at radius 1 is 1.31 bits per heavy atom. The van der Waals surface area contributed by atoms with Gasteiger partial charge in [-0.3, -0.25) is 4.79 Å². The van der Waals surface area contributed by atoms with Gasteiger partial charge in [0.05, 0.1) is 0 Å². The van der Waals surface area contributed by atoms with Gasteiger partial charge in [-0.25, -0.2) is 0 Å². The quantitative estimate of drug-likeness (QED) is 0.329. The van der Waals surface area contributed by atoms with E-state index in [0.717, 1.165) is 22.3 Å². The van der Waals surface area contributed by atoms with Gasteiger partial charge in [0.15, 0.2) is 5.78 Å². The van der Waals surface area contributed by atoms with E-state index in [9.17, 15) is 4.79 Å². The first-order valence-corrected chi connectivity index (χ1v) is 5.18. The summed E-state index contributed by atoms with van der Waals surface area (Å²) in [5.41, 5.74) is 12.0. The molecule has 0 fully saturated rings. The minimum Gasteiger partial charge on any atom is -0.294 e. The summed E-state index contributed by atoms with van der Waals surface area (Å²) in [6.45, 7) is 6.10. The van der Waals surface area contributed by atoms with E-state index in [0.29, 0.717) is 0 Å². The maximum atomic E-state index is 11.9. The molecule has 0 saturated heterocycles. The molecule has 0 saturated carbocycles. The molecule has 0 atom stereocenters. The Hall–Kier alpha value is -1.80. The first kappa shape index (κ1) is 12.3. The third-order valence-electron chi connectivity index (χ3n) is 2.46. The topological polar surface area (TPSA) is 65.8 Å². The number of Topliss-reactive ketones (excluding diaryl/α,β-unsaturated/α-hetero) is 1. The molecule has 0 aromatic heterocycles. The van der Waals surface area contributed by atoms with Crippen LogP contribution in [0.15, 0.2) is 17.2 Å². The number of ketones is 1. The third-order valence-corrected chi connectivity index (χ3v) is 2.46. The fourth-order valence-electron chi connectivity index (χ4n) is 1.94. The van der Waals surface area contributed by atoms with Crippen molar-refractivity contribution in [2.24, 2.45) is 5.11 Å². The molecule has 0 aliphatic carbocycles. The highest BCUT2D eigenvalue weighted by molar-refractivity contribution is 5.99. The summed E-state index contributed by atoms with van der Waals surface area (Å²) >= 11 is 0. The number of aryl methyl sites for hydroxylation is 3. The SMILES string of the molecule is Cc1cc(C)c(C(=O)CCN=[N+]=[N-])c(C)c1.